The van der Waals surface area contributed by atoms with Crippen molar-refractivity contribution in [3.8, 4) is 11.6 Å². The van der Waals surface area contributed by atoms with Crippen LogP contribution in [0.3, 0.4) is 0 Å². The molecule has 2 aromatic rings. The molecule has 5 nitrogen and oxygen atoms in total. The Bertz CT molecular complexity index is 600. The highest BCUT2D eigenvalue weighted by Crippen LogP contribution is 2.25. The van der Waals surface area contributed by atoms with Crippen LogP contribution < -0.4 is 9.96 Å². The normalized spacial score (nSPS) is 9.79. The van der Waals surface area contributed by atoms with Crippen molar-refractivity contribution in [2.75, 3.05) is 5.23 Å². The smallest absolute Gasteiger partial charge is 0.327 e. The quantitative estimate of drug-likeness (QED) is 0.676. The molecular formula is C11H7BBrFN3O2. The number of ether oxygens (including phenoxy) is 1. The third-order valence-electron chi connectivity index (χ3n) is 2.02. The van der Waals surface area contributed by atoms with Gasteiger partial charge >= 0.3 is 7.41 Å². The molecule has 0 aromatic carbocycles. The summed E-state index contributed by atoms with van der Waals surface area (Å²) in [6.07, 6.45) is 3.48. The summed E-state index contributed by atoms with van der Waals surface area (Å²) in [5, 5.41) is 2.64. The number of halogens is 2. The van der Waals surface area contributed by atoms with Crippen molar-refractivity contribution in [1.82, 2.24) is 9.97 Å². The molecule has 2 aromatic heterocycles. The predicted molar refractivity (Wildman–Crippen MR) is 72.3 cm³/mol. The molecule has 8 heteroatoms. The van der Waals surface area contributed by atoms with E-state index in [1.165, 1.54) is 31.9 Å². The molecule has 19 heavy (non-hydrogen) atoms. The van der Waals surface area contributed by atoms with Crippen molar-refractivity contribution in [2.24, 2.45) is 0 Å². The van der Waals surface area contributed by atoms with Crippen LogP contribution >= 0.6 is 15.9 Å². The van der Waals surface area contributed by atoms with Gasteiger partial charge in [0.15, 0.2) is 5.82 Å². The van der Waals surface area contributed by atoms with Crippen molar-refractivity contribution in [3.63, 3.8) is 0 Å². The molecule has 1 radical (unpaired) electrons. The largest absolute Gasteiger partial charge is 0.436 e. The third kappa shape index (κ3) is 3.75. The summed E-state index contributed by atoms with van der Waals surface area (Å²) in [6, 6.07) is 4.32. The van der Waals surface area contributed by atoms with Crippen molar-refractivity contribution >= 4 is 35.3 Å². The Labute approximate surface area is 117 Å². The first-order valence-corrected chi connectivity index (χ1v) is 5.97. The third-order valence-corrected chi connectivity index (χ3v) is 2.45. The lowest BCUT2D eigenvalue weighted by Crippen LogP contribution is -2.08. The molecule has 0 aliphatic carbocycles. The molecule has 2 rings (SSSR count). The second kappa shape index (κ2) is 6.28. The van der Waals surface area contributed by atoms with Crippen LogP contribution in [0.15, 0.2) is 35.1 Å². The highest BCUT2D eigenvalue weighted by molar-refractivity contribution is 9.10. The maximum atomic E-state index is 13.5. The van der Waals surface area contributed by atoms with Gasteiger partial charge in [0.25, 0.3) is 5.88 Å². The summed E-state index contributed by atoms with van der Waals surface area (Å²) in [4.78, 5) is 18.0. The molecule has 2 heterocycles. The van der Waals surface area contributed by atoms with Gasteiger partial charge in [-0.25, -0.2) is 14.4 Å². The maximum absolute atomic E-state index is 13.5. The zero-order valence-corrected chi connectivity index (χ0v) is 11.1. The van der Waals surface area contributed by atoms with E-state index in [-0.39, 0.29) is 5.88 Å². The van der Waals surface area contributed by atoms with E-state index in [1.807, 2.05) is 0 Å². The lowest BCUT2D eigenvalue weighted by Gasteiger charge is -2.07. The minimum Gasteiger partial charge on any atom is -0.436 e. The van der Waals surface area contributed by atoms with E-state index in [1.54, 1.807) is 6.07 Å². The number of aromatic nitrogens is 2. The van der Waals surface area contributed by atoms with E-state index in [9.17, 15) is 9.18 Å². The Balaban J connectivity index is 2.16. The highest BCUT2D eigenvalue weighted by atomic mass is 79.9. The number of hydrogen-bond donors (Lipinski definition) is 1. The van der Waals surface area contributed by atoms with Gasteiger partial charge in [0.1, 0.15) is 17.8 Å². The number of nitrogens with one attached hydrogen (secondary N) is 1. The molecule has 0 saturated carbocycles. The predicted octanol–water partition coefficient (Wildman–Crippen LogP) is 2.39. The Morgan fingerprint density at radius 3 is 3.00 bits per heavy atom. The lowest BCUT2D eigenvalue weighted by atomic mass is 9.99. The number of rotatable bonds is 5. The molecule has 0 bridgehead atoms. The first-order chi connectivity index (χ1) is 9.19. The molecule has 0 fully saturated rings. The second-order valence-electron chi connectivity index (χ2n) is 3.37. The van der Waals surface area contributed by atoms with Gasteiger partial charge in [-0.2, -0.15) is 0 Å². The number of pyridine rings is 2. The first kappa shape index (κ1) is 13.5. The first-order valence-electron chi connectivity index (χ1n) is 5.17. The summed E-state index contributed by atoms with van der Waals surface area (Å²) in [6.45, 7) is 0. The molecule has 0 aliphatic rings. The second-order valence-corrected chi connectivity index (χ2v) is 4.28. The Kier molecular flexibility index (Phi) is 4.46. The van der Waals surface area contributed by atoms with Gasteiger partial charge in [-0.15, -0.1) is 0 Å². The summed E-state index contributed by atoms with van der Waals surface area (Å²) in [5.41, 5.74) is 0. The van der Waals surface area contributed by atoms with Crippen LogP contribution in [0.4, 0.5) is 10.2 Å². The number of carbonyl (C=O) groups excluding carboxylic acids is 1. The van der Waals surface area contributed by atoms with Gasteiger partial charge in [0.05, 0.1) is 0 Å². The van der Waals surface area contributed by atoms with E-state index in [4.69, 9.17) is 4.74 Å². The van der Waals surface area contributed by atoms with Crippen LogP contribution in [0.1, 0.15) is 0 Å². The van der Waals surface area contributed by atoms with Crippen LogP contribution in [0.25, 0.3) is 0 Å². The summed E-state index contributed by atoms with van der Waals surface area (Å²) in [7, 11) is 1.19. The van der Waals surface area contributed by atoms with Crippen LogP contribution in [0.2, 0.25) is 0 Å². The van der Waals surface area contributed by atoms with Gasteiger partial charge in [-0.1, -0.05) is 0 Å². The fourth-order valence-electron chi connectivity index (χ4n) is 1.26. The number of nitrogens with zero attached hydrogens (tertiary/aromatic N) is 2. The maximum Gasteiger partial charge on any atom is 0.327 e. The van der Waals surface area contributed by atoms with Gasteiger partial charge in [-0.3, -0.25) is 0 Å². The van der Waals surface area contributed by atoms with Crippen molar-refractivity contribution < 1.29 is 13.9 Å². The molecule has 0 unspecified atom stereocenters. The standard InChI is InChI=1S/C11H7BBrFN3O2/c13-7-3-9(14)11(16-5-7)19-8-1-2-15-10(4-8)17-12-6-18/h1-6H,(H,15,17). The Morgan fingerprint density at radius 1 is 1.42 bits per heavy atom. The average molecular weight is 323 g/mol. The van der Waals surface area contributed by atoms with E-state index in [0.29, 0.717) is 22.2 Å². The molecule has 1 N–H and O–H groups in total. The average Bonchev–Trinajstić information content (AvgIpc) is 2.40. The fraction of sp³-hybridized carbons (Fsp3) is 0. The van der Waals surface area contributed by atoms with Crippen LogP contribution in [0, 0.1) is 5.82 Å². The zero-order valence-electron chi connectivity index (χ0n) is 9.51. The zero-order chi connectivity index (χ0) is 13.7. The molecule has 0 amide bonds. The van der Waals surface area contributed by atoms with Gasteiger partial charge < -0.3 is 14.8 Å². The van der Waals surface area contributed by atoms with E-state index >= 15 is 0 Å². The summed E-state index contributed by atoms with van der Waals surface area (Å²) in [5.74, 6) is 0.0347. The van der Waals surface area contributed by atoms with Gasteiger partial charge in [0, 0.05) is 22.9 Å². The topological polar surface area (TPSA) is 64.1 Å². The Hall–Kier alpha value is -1.96. The van der Waals surface area contributed by atoms with Crippen molar-refractivity contribution in [3.05, 3.63) is 40.9 Å². The molecule has 0 saturated heterocycles. The van der Waals surface area contributed by atoms with Gasteiger partial charge in [0.2, 0.25) is 0 Å². The van der Waals surface area contributed by atoms with E-state index in [2.05, 4.69) is 31.1 Å². The summed E-state index contributed by atoms with van der Waals surface area (Å²) < 4.78 is 19.4. The highest BCUT2D eigenvalue weighted by Gasteiger charge is 2.07. The number of carbonyl (C=O) groups is 1. The molecule has 0 spiro atoms. The SMILES string of the molecule is O=C[B]Nc1cc(Oc2ncc(Br)cc2F)ccn1. The van der Waals surface area contributed by atoms with Crippen molar-refractivity contribution in [1.29, 1.82) is 0 Å². The van der Waals surface area contributed by atoms with Crippen molar-refractivity contribution in [2.45, 2.75) is 0 Å². The van der Waals surface area contributed by atoms with Crippen LogP contribution in [-0.4, -0.2) is 23.6 Å². The minimum absolute atomic E-state index is 0.139. The molecule has 95 valence electrons. The van der Waals surface area contributed by atoms with Crippen LogP contribution in [-0.2, 0) is 4.79 Å². The molecular weight excluding hydrogens is 316 g/mol. The number of hydrogen-bond acceptors (Lipinski definition) is 5. The van der Waals surface area contributed by atoms with Crippen LogP contribution in [0.5, 0.6) is 11.6 Å². The van der Waals surface area contributed by atoms with Gasteiger partial charge in [-0.05, 0) is 28.1 Å². The van der Waals surface area contributed by atoms with E-state index in [0.717, 1.165) is 0 Å². The summed E-state index contributed by atoms with van der Waals surface area (Å²) >= 11 is 3.11. The van der Waals surface area contributed by atoms with E-state index < -0.39 is 5.82 Å². The minimum atomic E-state index is -0.583. The fourth-order valence-corrected chi connectivity index (χ4v) is 1.57. The lowest BCUT2D eigenvalue weighted by molar-refractivity contribution is 0.422. The monoisotopic (exact) mass is 322 g/mol. The molecule has 0 atom stereocenters. The molecule has 0 aliphatic heterocycles. The Morgan fingerprint density at radius 2 is 2.26 bits per heavy atom. The number of anilines is 1.